The van der Waals surface area contributed by atoms with E-state index in [1.54, 1.807) is 35.9 Å². The number of hydrogen-bond donors (Lipinski definition) is 1. The molecule has 0 atom stereocenters. The Labute approximate surface area is 172 Å². The lowest BCUT2D eigenvalue weighted by Crippen LogP contribution is -2.17. The van der Waals surface area contributed by atoms with E-state index in [2.05, 4.69) is 4.98 Å². The van der Waals surface area contributed by atoms with Gasteiger partial charge in [0.1, 0.15) is 24.0 Å². The number of Topliss-reactive ketones (excluding diaryl/α,β-unsaturated/α-hetero) is 1. The Balaban J connectivity index is 1.66. The van der Waals surface area contributed by atoms with Gasteiger partial charge in [-0.1, -0.05) is 24.3 Å². The number of aryl methyl sites for hydroxylation is 1. The number of nitriles is 1. The molecule has 0 unspecified atom stereocenters. The maximum Gasteiger partial charge on any atom is 0.344 e. The molecule has 152 valence electrons. The summed E-state index contributed by atoms with van der Waals surface area (Å²) in [5.74, 6) is -0.662. The van der Waals surface area contributed by atoms with E-state index in [4.69, 9.17) is 9.47 Å². The van der Waals surface area contributed by atoms with Crippen molar-refractivity contribution in [2.45, 2.75) is 6.92 Å². The van der Waals surface area contributed by atoms with Crippen LogP contribution in [0.1, 0.15) is 23.1 Å². The molecule has 0 bridgehead atoms. The van der Waals surface area contributed by atoms with Crippen molar-refractivity contribution in [1.29, 1.82) is 5.26 Å². The normalized spacial score (nSPS) is 11.5. The number of ether oxygens (including phenoxy) is 2. The molecule has 0 saturated heterocycles. The highest BCUT2D eigenvalue weighted by atomic mass is 16.6. The predicted molar refractivity (Wildman–Crippen MR) is 109 cm³/mol. The maximum atomic E-state index is 11.9. The van der Waals surface area contributed by atoms with Gasteiger partial charge in [0.25, 0.3) is 0 Å². The van der Waals surface area contributed by atoms with Gasteiger partial charge in [0.05, 0.1) is 11.0 Å². The first kappa shape index (κ1) is 20.6. The first-order valence-corrected chi connectivity index (χ1v) is 9.04. The Morgan fingerprint density at radius 3 is 2.63 bits per heavy atom. The number of fused-ring (bicyclic) bond motifs is 1. The van der Waals surface area contributed by atoms with Crippen LogP contribution in [0.2, 0.25) is 0 Å². The Morgan fingerprint density at radius 2 is 1.93 bits per heavy atom. The molecular weight excluding hydrogens is 386 g/mol. The summed E-state index contributed by atoms with van der Waals surface area (Å²) in [6, 6.07) is 15.6. The summed E-state index contributed by atoms with van der Waals surface area (Å²) in [6.45, 7) is 0.518. The molecule has 0 amide bonds. The zero-order valence-corrected chi connectivity index (χ0v) is 16.5. The molecule has 1 N–H and O–H groups in total. The van der Waals surface area contributed by atoms with Crippen LogP contribution in [0.15, 0.2) is 54.3 Å². The SMILES string of the molecule is CC(=O)c1cccc(OCC(=O)OC/C(O)=C(\C#N)c2nc3ccccc3n2C)c1. The first-order valence-electron chi connectivity index (χ1n) is 9.04. The molecule has 2 aromatic carbocycles. The van der Waals surface area contributed by atoms with Crippen LogP contribution in [-0.4, -0.2) is 39.6 Å². The van der Waals surface area contributed by atoms with Crippen LogP contribution >= 0.6 is 0 Å². The lowest BCUT2D eigenvalue weighted by molar-refractivity contribution is -0.145. The summed E-state index contributed by atoms with van der Waals surface area (Å²) in [7, 11) is 1.73. The number of rotatable bonds is 7. The van der Waals surface area contributed by atoms with Crippen molar-refractivity contribution in [3.05, 3.63) is 65.7 Å². The van der Waals surface area contributed by atoms with Crippen LogP contribution in [0.25, 0.3) is 16.6 Å². The van der Waals surface area contributed by atoms with E-state index in [0.717, 1.165) is 5.52 Å². The van der Waals surface area contributed by atoms with Crippen molar-refractivity contribution in [3.63, 3.8) is 0 Å². The number of carbonyl (C=O) groups is 2. The number of aromatic nitrogens is 2. The van der Waals surface area contributed by atoms with Gasteiger partial charge in [0.2, 0.25) is 0 Å². The zero-order chi connectivity index (χ0) is 21.7. The minimum atomic E-state index is -0.739. The van der Waals surface area contributed by atoms with E-state index >= 15 is 0 Å². The summed E-state index contributed by atoms with van der Waals surface area (Å²) >= 11 is 0. The number of hydrogen-bond acceptors (Lipinski definition) is 7. The molecule has 3 aromatic rings. The van der Waals surface area contributed by atoms with Gasteiger partial charge in [0, 0.05) is 12.6 Å². The van der Waals surface area contributed by atoms with Crippen molar-refractivity contribution in [3.8, 4) is 11.8 Å². The first-order chi connectivity index (χ1) is 14.4. The van der Waals surface area contributed by atoms with E-state index in [9.17, 15) is 20.0 Å². The highest BCUT2D eigenvalue weighted by Gasteiger charge is 2.17. The van der Waals surface area contributed by atoms with Crippen molar-refractivity contribution in [1.82, 2.24) is 9.55 Å². The molecule has 0 saturated carbocycles. The van der Waals surface area contributed by atoms with E-state index in [1.165, 1.54) is 13.0 Å². The minimum absolute atomic E-state index is 0.0865. The van der Waals surface area contributed by atoms with Crippen LogP contribution in [-0.2, 0) is 16.6 Å². The van der Waals surface area contributed by atoms with E-state index in [0.29, 0.717) is 16.8 Å². The number of nitrogens with zero attached hydrogens (tertiary/aromatic N) is 3. The predicted octanol–water partition coefficient (Wildman–Crippen LogP) is 3.19. The van der Waals surface area contributed by atoms with Gasteiger partial charge in [-0.05, 0) is 31.2 Å². The number of benzene rings is 2. The van der Waals surface area contributed by atoms with Crippen LogP contribution < -0.4 is 4.74 Å². The van der Waals surface area contributed by atoms with Crippen LogP contribution in [0.4, 0.5) is 0 Å². The minimum Gasteiger partial charge on any atom is -0.507 e. The second-order valence-corrected chi connectivity index (χ2v) is 6.45. The van der Waals surface area contributed by atoms with Crippen LogP contribution in [0, 0.1) is 11.3 Å². The summed E-state index contributed by atoms with van der Waals surface area (Å²) in [5, 5.41) is 19.8. The number of carbonyl (C=O) groups excluding carboxylic acids is 2. The van der Waals surface area contributed by atoms with Gasteiger partial charge in [0.15, 0.2) is 24.0 Å². The summed E-state index contributed by atoms with van der Waals surface area (Å²) < 4.78 is 12.0. The number of esters is 1. The van der Waals surface area contributed by atoms with Crippen molar-refractivity contribution < 1.29 is 24.2 Å². The van der Waals surface area contributed by atoms with E-state index in [-0.39, 0.29) is 17.2 Å². The molecule has 0 aliphatic rings. The van der Waals surface area contributed by atoms with Crippen LogP contribution in [0.3, 0.4) is 0 Å². The highest BCUT2D eigenvalue weighted by Crippen LogP contribution is 2.22. The smallest absolute Gasteiger partial charge is 0.344 e. The molecule has 1 aromatic heterocycles. The zero-order valence-electron chi connectivity index (χ0n) is 16.5. The third kappa shape index (κ3) is 4.47. The molecular formula is C22H19N3O5. The number of ketones is 1. The van der Waals surface area contributed by atoms with Crippen molar-refractivity contribution in [2.24, 2.45) is 7.05 Å². The number of allylic oxidation sites excluding steroid dienone is 1. The van der Waals surface area contributed by atoms with Gasteiger partial charge >= 0.3 is 5.97 Å². The van der Waals surface area contributed by atoms with Gasteiger partial charge < -0.3 is 19.1 Å². The Kier molecular flexibility index (Phi) is 6.13. The number of aliphatic hydroxyl groups is 1. The van der Waals surface area contributed by atoms with Crippen molar-refractivity contribution in [2.75, 3.05) is 13.2 Å². The average molecular weight is 405 g/mol. The maximum absolute atomic E-state index is 11.9. The summed E-state index contributed by atoms with van der Waals surface area (Å²) in [6.07, 6.45) is 0. The number of aliphatic hydroxyl groups excluding tert-OH is 1. The standard InChI is InChI=1S/C22H19N3O5/c1-14(26)15-6-5-7-16(10-15)29-13-21(28)30-12-20(27)17(11-23)22-24-18-8-3-4-9-19(18)25(22)2/h3-10,27H,12-13H2,1-2H3/b20-17-. The van der Waals surface area contributed by atoms with E-state index < -0.39 is 24.9 Å². The molecule has 0 spiro atoms. The Bertz CT molecular complexity index is 1190. The van der Waals surface area contributed by atoms with Crippen molar-refractivity contribution >= 4 is 28.4 Å². The van der Waals surface area contributed by atoms with Gasteiger partial charge in [-0.3, -0.25) is 4.79 Å². The lowest BCUT2D eigenvalue weighted by atomic mass is 10.1. The second-order valence-electron chi connectivity index (χ2n) is 6.45. The Hall–Kier alpha value is -4.12. The van der Waals surface area contributed by atoms with Gasteiger partial charge in [-0.25, -0.2) is 9.78 Å². The number of para-hydroxylation sites is 2. The van der Waals surface area contributed by atoms with Gasteiger partial charge in [-0.15, -0.1) is 0 Å². The molecule has 30 heavy (non-hydrogen) atoms. The fourth-order valence-electron chi connectivity index (χ4n) is 2.82. The molecule has 0 fully saturated rings. The monoisotopic (exact) mass is 405 g/mol. The number of imidazole rings is 1. The third-order valence-electron chi connectivity index (χ3n) is 4.38. The highest BCUT2D eigenvalue weighted by molar-refractivity contribution is 5.94. The van der Waals surface area contributed by atoms with E-state index in [1.807, 2.05) is 24.3 Å². The molecule has 1 heterocycles. The van der Waals surface area contributed by atoms with Crippen LogP contribution in [0.5, 0.6) is 5.75 Å². The third-order valence-corrected chi connectivity index (χ3v) is 4.38. The fourth-order valence-corrected chi connectivity index (χ4v) is 2.82. The fraction of sp³-hybridized carbons (Fsp3) is 0.182. The average Bonchev–Trinajstić information content (AvgIpc) is 3.08. The molecule has 8 nitrogen and oxygen atoms in total. The molecule has 3 rings (SSSR count). The van der Waals surface area contributed by atoms with Gasteiger partial charge in [-0.2, -0.15) is 5.26 Å². The second kappa shape index (κ2) is 8.92. The largest absolute Gasteiger partial charge is 0.507 e. The molecule has 0 radical (unpaired) electrons. The molecule has 8 heteroatoms. The lowest BCUT2D eigenvalue weighted by Gasteiger charge is -2.09. The molecule has 0 aliphatic carbocycles. The topological polar surface area (TPSA) is 114 Å². The Morgan fingerprint density at radius 1 is 1.17 bits per heavy atom. The summed E-state index contributed by atoms with van der Waals surface area (Å²) in [4.78, 5) is 27.7. The summed E-state index contributed by atoms with van der Waals surface area (Å²) in [5.41, 5.74) is 1.85. The quantitative estimate of drug-likeness (QED) is 0.278. The molecule has 0 aliphatic heterocycles.